The second-order valence-corrected chi connectivity index (χ2v) is 11.0. The molecule has 0 radical (unpaired) electrons. The van der Waals surface area contributed by atoms with Crippen LogP contribution in [0.5, 0.6) is 5.75 Å². The molecule has 0 amide bonds. The number of carbonyl (C=O) groups is 2. The van der Waals surface area contributed by atoms with Crippen LogP contribution in [0, 0.1) is 12.8 Å². The van der Waals surface area contributed by atoms with Crippen molar-refractivity contribution in [3.8, 4) is 5.75 Å². The molecule has 32 heavy (non-hydrogen) atoms. The van der Waals surface area contributed by atoms with Crippen molar-refractivity contribution >= 4 is 11.9 Å². The summed E-state index contributed by atoms with van der Waals surface area (Å²) in [6.45, 7) is 3.29. The zero-order valence-corrected chi connectivity index (χ0v) is 19.2. The molecule has 6 rings (SSSR count). The van der Waals surface area contributed by atoms with E-state index in [0.29, 0.717) is 29.6 Å². The van der Waals surface area contributed by atoms with Gasteiger partial charge in [-0.3, -0.25) is 9.28 Å². The molecular weight excluding hydrogens is 406 g/mol. The van der Waals surface area contributed by atoms with E-state index in [1.165, 1.54) is 17.5 Å². The SMILES string of the molecule is Cc1ccc2c3c1O[C@H]1C(=O)CC[C@H]4C(C2)[N@+](C)(COC(=O)OC2CCCCC2)CC[C@]314. The highest BCUT2D eigenvalue weighted by Crippen LogP contribution is 2.63. The van der Waals surface area contributed by atoms with Gasteiger partial charge in [-0.25, -0.2) is 4.79 Å². The Morgan fingerprint density at radius 1 is 1.22 bits per heavy atom. The number of ether oxygens (including phenoxy) is 3. The summed E-state index contributed by atoms with van der Waals surface area (Å²) < 4.78 is 18.4. The van der Waals surface area contributed by atoms with Crippen molar-refractivity contribution in [2.75, 3.05) is 20.3 Å². The average Bonchev–Trinajstić information content (AvgIpc) is 3.15. The van der Waals surface area contributed by atoms with Gasteiger partial charge >= 0.3 is 6.16 Å². The number of nitrogens with zero attached hydrogens (tertiary/aromatic N) is 1. The molecule has 6 heteroatoms. The van der Waals surface area contributed by atoms with Gasteiger partial charge in [0, 0.05) is 30.7 Å². The molecule has 0 N–H and O–H groups in total. The maximum Gasteiger partial charge on any atom is 0.512 e. The van der Waals surface area contributed by atoms with Crippen LogP contribution in [-0.2, 0) is 26.1 Å². The summed E-state index contributed by atoms with van der Waals surface area (Å²) in [5.41, 5.74) is 3.57. The maximum atomic E-state index is 13.0. The van der Waals surface area contributed by atoms with Crippen LogP contribution in [-0.4, -0.2) is 55.0 Å². The predicted molar refractivity (Wildman–Crippen MR) is 117 cm³/mol. The molecule has 2 bridgehead atoms. The van der Waals surface area contributed by atoms with Gasteiger partial charge in [0.25, 0.3) is 0 Å². The lowest BCUT2D eigenvalue weighted by molar-refractivity contribution is -0.959. The van der Waals surface area contributed by atoms with Crippen LogP contribution in [0.15, 0.2) is 12.1 Å². The molecule has 3 fully saturated rings. The zero-order chi connectivity index (χ0) is 22.1. The average molecular weight is 441 g/mol. The molecule has 1 aromatic rings. The van der Waals surface area contributed by atoms with Gasteiger partial charge in [-0.15, -0.1) is 0 Å². The zero-order valence-electron chi connectivity index (χ0n) is 19.2. The first-order valence-electron chi connectivity index (χ1n) is 12.4. The number of carbonyl (C=O) groups excluding carboxylic acids is 2. The third kappa shape index (κ3) is 2.81. The van der Waals surface area contributed by atoms with E-state index in [0.717, 1.165) is 62.8 Å². The predicted octanol–water partition coefficient (Wildman–Crippen LogP) is 4.19. The Labute approximate surface area is 189 Å². The van der Waals surface area contributed by atoms with Crippen LogP contribution in [0.3, 0.4) is 0 Å². The molecule has 1 saturated heterocycles. The second-order valence-electron chi connectivity index (χ2n) is 11.0. The second kappa shape index (κ2) is 7.21. The van der Waals surface area contributed by atoms with Gasteiger partial charge in [0.2, 0.25) is 6.73 Å². The lowest BCUT2D eigenvalue weighted by atomic mass is 9.51. The van der Waals surface area contributed by atoms with Crippen LogP contribution < -0.4 is 4.74 Å². The molecule has 0 aromatic heterocycles. The summed E-state index contributed by atoms with van der Waals surface area (Å²) in [6, 6.07) is 4.68. The van der Waals surface area contributed by atoms with E-state index in [4.69, 9.17) is 14.2 Å². The van der Waals surface area contributed by atoms with E-state index >= 15 is 0 Å². The molecule has 2 saturated carbocycles. The minimum Gasteiger partial charge on any atom is -0.481 e. The first-order valence-corrected chi connectivity index (χ1v) is 12.4. The van der Waals surface area contributed by atoms with Crippen molar-refractivity contribution in [1.82, 2.24) is 0 Å². The number of likely N-dealkylation sites (N-methyl/N-ethyl adjacent to an activating group) is 1. The first-order chi connectivity index (χ1) is 15.4. The minimum atomic E-state index is -0.522. The fraction of sp³-hybridized carbons (Fsp3) is 0.692. The van der Waals surface area contributed by atoms with Gasteiger partial charge in [-0.05, 0) is 50.2 Å². The van der Waals surface area contributed by atoms with Gasteiger partial charge in [0.15, 0.2) is 11.9 Å². The molecule has 1 spiro atoms. The third-order valence-corrected chi connectivity index (χ3v) is 9.29. The Balaban J connectivity index is 1.27. The van der Waals surface area contributed by atoms with E-state index in [9.17, 15) is 9.59 Å². The number of hydrogen-bond donors (Lipinski definition) is 0. The summed E-state index contributed by atoms with van der Waals surface area (Å²) in [6.07, 6.45) is 7.84. The van der Waals surface area contributed by atoms with Crippen LogP contribution in [0.25, 0.3) is 0 Å². The normalized spacial score (nSPS) is 37.4. The van der Waals surface area contributed by atoms with Gasteiger partial charge in [0.05, 0.1) is 25.0 Å². The molecule has 5 aliphatic rings. The minimum absolute atomic E-state index is 0.00940. The Bertz CT molecular complexity index is 969. The molecule has 2 aliphatic heterocycles. The van der Waals surface area contributed by atoms with Gasteiger partial charge in [-0.1, -0.05) is 18.6 Å². The number of likely N-dealkylation sites (tertiary alicyclic amines) is 1. The highest BCUT2D eigenvalue weighted by Gasteiger charge is 2.69. The topological polar surface area (TPSA) is 61.8 Å². The summed E-state index contributed by atoms with van der Waals surface area (Å²) >= 11 is 0. The number of hydrogen-bond acceptors (Lipinski definition) is 5. The van der Waals surface area contributed by atoms with E-state index in [2.05, 4.69) is 26.1 Å². The number of aryl methyl sites for hydroxylation is 1. The number of quaternary nitrogens is 1. The summed E-state index contributed by atoms with van der Waals surface area (Å²) in [7, 11) is 2.22. The number of benzene rings is 1. The van der Waals surface area contributed by atoms with Gasteiger partial charge < -0.3 is 14.2 Å². The van der Waals surface area contributed by atoms with Gasteiger partial charge in [-0.2, -0.15) is 0 Å². The van der Waals surface area contributed by atoms with Crippen molar-refractivity contribution in [3.05, 3.63) is 28.8 Å². The van der Waals surface area contributed by atoms with E-state index in [-0.39, 0.29) is 23.4 Å². The van der Waals surface area contributed by atoms with E-state index in [1.807, 2.05) is 0 Å². The molecule has 1 aromatic carbocycles. The maximum absolute atomic E-state index is 13.0. The van der Waals surface area contributed by atoms with Crippen LogP contribution in [0.1, 0.15) is 68.1 Å². The molecule has 5 atom stereocenters. The quantitative estimate of drug-likeness (QED) is 0.521. The molecule has 172 valence electrons. The monoisotopic (exact) mass is 440 g/mol. The van der Waals surface area contributed by atoms with Crippen molar-refractivity contribution in [3.63, 3.8) is 0 Å². The lowest BCUT2D eigenvalue weighted by Gasteiger charge is -2.59. The fourth-order valence-corrected chi connectivity index (χ4v) is 7.65. The van der Waals surface area contributed by atoms with Gasteiger partial charge in [0.1, 0.15) is 11.9 Å². The summed E-state index contributed by atoms with van der Waals surface area (Å²) in [5, 5.41) is 0. The smallest absolute Gasteiger partial charge is 0.481 e. The van der Waals surface area contributed by atoms with Crippen molar-refractivity contribution < 1.29 is 28.3 Å². The third-order valence-electron chi connectivity index (χ3n) is 9.29. The summed E-state index contributed by atoms with van der Waals surface area (Å²) in [4.78, 5) is 25.5. The Morgan fingerprint density at radius 3 is 2.84 bits per heavy atom. The first kappa shape index (κ1) is 20.5. The number of piperidine rings is 1. The summed E-state index contributed by atoms with van der Waals surface area (Å²) in [5.74, 6) is 1.60. The van der Waals surface area contributed by atoms with Crippen LogP contribution in [0.4, 0.5) is 4.79 Å². The largest absolute Gasteiger partial charge is 0.512 e. The number of ketones is 1. The van der Waals surface area contributed by atoms with Crippen molar-refractivity contribution in [2.45, 2.75) is 88.4 Å². The number of rotatable bonds is 3. The highest BCUT2D eigenvalue weighted by atomic mass is 16.7. The fourth-order valence-electron chi connectivity index (χ4n) is 7.65. The molecule has 2 heterocycles. The Kier molecular flexibility index (Phi) is 4.62. The van der Waals surface area contributed by atoms with E-state index < -0.39 is 6.16 Å². The van der Waals surface area contributed by atoms with Crippen LogP contribution in [0.2, 0.25) is 0 Å². The molecular formula is C26H34NO5+. The van der Waals surface area contributed by atoms with Crippen molar-refractivity contribution in [1.29, 1.82) is 0 Å². The number of Topliss-reactive ketones (excluding diaryl/α,β-unsaturated/α-hetero) is 1. The Morgan fingerprint density at radius 2 is 2.03 bits per heavy atom. The highest BCUT2D eigenvalue weighted by molar-refractivity contribution is 5.88. The molecule has 6 nitrogen and oxygen atoms in total. The lowest BCUT2D eigenvalue weighted by Crippen LogP contribution is -2.72. The van der Waals surface area contributed by atoms with Crippen LogP contribution >= 0.6 is 0 Å². The standard InChI is InChI=1S/C26H34NO5/c1-16-8-9-17-14-20-19-10-11-21(28)24-26(19,22(17)23(16)32-24)12-13-27(20,2)15-30-25(29)31-18-6-4-3-5-7-18/h8-9,18-20,24H,3-7,10-15H2,1-2H3/q+1/t19-,20?,24-,26-,27-/m0/s1. The van der Waals surface area contributed by atoms with Crippen molar-refractivity contribution in [2.24, 2.45) is 5.92 Å². The molecule has 1 unspecified atom stereocenters. The van der Waals surface area contributed by atoms with E-state index in [1.54, 1.807) is 0 Å². The Hall–Kier alpha value is -2.08. The molecule has 3 aliphatic carbocycles.